The summed E-state index contributed by atoms with van der Waals surface area (Å²) in [5.41, 5.74) is 17.4. The van der Waals surface area contributed by atoms with Gasteiger partial charge in [0, 0.05) is 10.9 Å². The van der Waals surface area contributed by atoms with Gasteiger partial charge in [0.05, 0.1) is 5.41 Å². The molecule has 0 N–H and O–H groups in total. The number of hydrogen-bond donors (Lipinski definition) is 0. The normalized spacial score (nSPS) is 15.5. The zero-order chi connectivity index (χ0) is 34.0. The van der Waals surface area contributed by atoms with Crippen LogP contribution in [0.25, 0.3) is 77.2 Å². The van der Waals surface area contributed by atoms with E-state index in [2.05, 4.69) is 182 Å². The van der Waals surface area contributed by atoms with Gasteiger partial charge in [-0.15, -0.1) is 0 Å². The SMILES string of the molecule is c1ccc(-c2ccc3c(c2)-c2cccc4c(-c5ccc6c(c5)C5(c7ccccc7-6)c6ccccc6-c6cccc7cccc5c67)ccc(c24)O3)cc1. The zero-order valence-electron chi connectivity index (χ0n) is 28.2. The van der Waals surface area contributed by atoms with Crippen molar-refractivity contribution in [1.82, 2.24) is 0 Å². The first-order valence-electron chi connectivity index (χ1n) is 18.1. The Hall–Kier alpha value is -6.70. The van der Waals surface area contributed by atoms with Gasteiger partial charge in [-0.05, 0) is 113 Å². The third-order valence-corrected chi connectivity index (χ3v) is 11.9. The number of hydrogen-bond acceptors (Lipinski definition) is 1. The number of fused-ring (bicyclic) bond motifs is 11. The van der Waals surface area contributed by atoms with Gasteiger partial charge in [0.2, 0.25) is 0 Å². The van der Waals surface area contributed by atoms with Crippen molar-refractivity contribution in [2.24, 2.45) is 0 Å². The van der Waals surface area contributed by atoms with Crippen molar-refractivity contribution in [2.45, 2.75) is 5.41 Å². The standard InChI is InChI=1S/C51H30O/c1-2-11-31(12-3-1)33-24-27-47-42(29-33)41-19-10-18-39-35(26-28-48(52-47)50(39)41)34-23-25-38-36-15-4-6-20-43(36)51(46(38)30-34)44-21-7-5-16-37(44)40-17-8-13-32-14-9-22-45(51)49(32)40/h1-30H. The van der Waals surface area contributed by atoms with Crippen LogP contribution in [-0.4, -0.2) is 0 Å². The summed E-state index contributed by atoms with van der Waals surface area (Å²) in [6.45, 7) is 0. The number of benzene rings is 9. The Morgan fingerprint density at radius 2 is 0.904 bits per heavy atom. The van der Waals surface area contributed by atoms with Gasteiger partial charge in [-0.2, -0.15) is 0 Å². The lowest BCUT2D eigenvalue weighted by Gasteiger charge is -2.40. The Bertz CT molecular complexity index is 2980. The summed E-state index contributed by atoms with van der Waals surface area (Å²) in [4.78, 5) is 0. The molecule has 0 saturated heterocycles. The molecule has 3 aliphatic rings. The Balaban J connectivity index is 1.12. The molecule has 1 heteroatoms. The van der Waals surface area contributed by atoms with Gasteiger partial charge in [-0.25, -0.2) is 0 Å². The van der Waals surface area contributed by atoms with Crippen LogP contribution in [-0.2, 0) is 5.41 Å². The van der Waals surface area contributed by atoms with Gasteiger partial charge in [-0.3, -0.25) is 0 Å². The van der Waals surface area contributed by atoms with Gasteiger partial charge in [0.25, 0.3) is 0 Å². The maximum Gasteiger partial charge on any atom is 0.135 e. The lowest BCUT2D eigenvalue weighted by atomic mass is 9.61. The number of rotatable bonds is 2. The van der Waals surface area contributed by atoms with Crippen molar-refractivity contribution < 1.29 is 4.74 Å². The van der Waals surface area contributed by atoms with E-state index < -0.39 is 5.41 Å². The number of ether oxygens (including phenoxy) is 1. The quantitative estimate of drug-likeness (QED) is 0.180. The van der Waals surface area contributed by atoms with Crippen molar-refractivity contribution in [3.63, 3.8) is 0 Å². The molecule has 1 heterocycles. The van der Waals surface area contributed by atoms with Crippen molar-refractivity contribution in [3.8, 4) is 67.1 Å². The smallest absolute Gasteiger partial charge is 0.135 e. The van der Waals surface area contributed by atoms with Crippen LogP contribution in [0.2, 0.25) is 0 Å². The average Bonchev–Trinajstić information content (AvgIpc) is 3.50. The van der Waals surface area contributed by atoms with E-state index in [4.69, 9.17) is 4.74 Å². The van der Waals surface area contributed by atoms with Crippen LogP contribution in [0.1, 0.15) is 22.3 Å². The van der Waals surface area contributed by atoms with Gasteiger partial charge >= 0.3 is 0 Å². The fraction of sp³-hybridized carbons (Fsp3) is 0.0196. The van der Waals surface area contributed by atoms with Gasteiger partial charge < -0.3 is 4.74 Å². The molecule has 0 aromatic heterocycles. The second kappa shape index (κ2) is 10.2. The van der Waals surface area contributed by atoms with Gasteiger partial charge in [0.15, 0.2) is 0 Å². The molecule has 240 valence electrons. The highest BCUT2D eigenvalue weighted by Gasteiger charge is 2.50. The molecule has 1 aliphatic heterocycles. The molecule has 1 nitrogen and oxygen atoms in total. The van der Waals surface area contributed by atoms with Crippen LogP contribution in [0, 0.1) is 0 Å². The minimum atomic E-state index is -0.450. The molecule has 9 aromatic carbocycles. The monoisotopic (exact) mass is 658 g/mol. The van der Waals surface area contributed by atoms with E-state index in [9.17, 15) is 0 Å². The molecule has 2 aliphatic carbocycles. The molecule has 0 amide bonds. The third-order valence-electron chi connectivity index (χ3n) is 11.9. The highest BCUT2D eigenvalue weighted by Crippen LogP contribution is 2.62. The van der Waals surface area contributed by atoms with E-state index in [1.54, 1.807) is 0 Å². The topological polar surface area (TPSA) is 9.23 Å². The zero-order valence-corrected chi connectivity index (χ0v) is 28.2. The van der Waals surface area contributed by atoms with Crippen molar-refractivity contribution in [2.75, 3.05) is 0 Å². The average molecular weight is 659 g/mol. The fourth-order valence-corrected chi connectivity index (χ4v) is 9.79. The molecule has 52 heavy (non-hydrogen) atoms. The molecule has 1 unspecified atom stereocenters. The van der Waals surface area contributed by atoms with Crippen LogP contribution in [0.3, 0.4) is 0 Å². The Labute approximate surface area is 302 Å². The molecular weight excluding hydrogens is 629 g/mol. The second-order valence-electron chi connectivity index (χ2n) is 14.3. The van der Waals surface area contributed by atoms with E-state index >= 15 is 0 Å². The maximum absolute atomic E-state index is 6.64. The van der Waals surface area contributed by atoms with Crippen LogP contribution in [0.15, 0.2) is 182 Å². The summed E-state index contributed by atoms with van der Waals surface area (Å²) in [5.74, 6) is 1.80. The van der Waals surface area contributed by atoms with E-state index in [0.717, 1.165) is 22.4 Å². The molecular formula is C51H30O. The van der Waals surface area contributed by atoms with E-state index in [1.807, 2.05) is 0 Å². The summed E-state index contributed by atoms with van der Waals surface area (Å²) in [6.07, 6.45) is 0. The van der Waals surface area contributed by atoms with Gasteiger partial charge in [-0.1, -0.05) is 158 Å². The third kappa shape index (κ3) is 3.52. The van der Waals surface area contributed by atoms with Crippen molar-refractivity contribution in [1.29, 1.82) is 0 Å². The first-order valence-corrected chi connectivity index (χ1v) is 18.1. The van der Waals surface area contributed by atoms with Crippen LogP contribution < -0.4 is 4.74 Å². The molecule has 9 aromatic rings. The van der Waals surface area contributed by atoms with E-state index in [1.165, 1.54) is 88.5 Å². The highest BCUT2D eigenvalue weighted by atomic mass is 16.5. The Morgan fingerprint density at radius 3 is 1.73 bits per heavy atom. The fourth-order valence-electron chi connectivity index (χ4n) is 9.79. The Morgan fingerprint density at radius 1 is 0.308 bits per heavy atom. The predicted octanol–water partition coefficient (Wildman–Crippen LogP) is 13.4. The molecule has 1 atom stereocenters. The first kappa shape index (κ1) is 28.0. The van der Waals surface area contributed by atoms with E-state index in [-0.39, 0.29) is 0 Å². The summed E-state index contributed by atoms with van der Waals surface area (Å²) in [5, 5.41) is 5.00. The first-order chi connectivity index (χ1) is 25.8. The van der Waals surface area contributed by atoms with E-state index in [0.29, 0.717) is 0 Å². The van der Waals surface area contributed by atoms with Crippen LogP contribution in [0.5, 0.6) is 11.5 Å². The van der Waals surface area contributed by atoms with Crippen LogP contribution in [0.4, 0.5) is 0 Å². The Kier molecular flexibility index (Phi) is 5.49. The lowest BCUT2D eigenvalue weighted by Crippen LogP contribution is -2.31. The van der Waals surface area contributed by atoms with Crippen molar-refractivity contribution >= 4 is 21.5 Å². The molecule has 0 fully saturated rings. The summed E-state index contributed by atoms with van der Waals surface area (Å²) < 4.78 is 6.64. The molecule has 0 radical (unpaired) electrons. The minimum absolute atomic E-state index is 0.450. The largest absolute Gasteiger partial charge is 0.456 e. The van der Waals surface area contributed by atoms with Crippen molar-refractivity contribution in [3.05, 3.63) is 204 Å². The second-order valence-corrected chi connectivity index (χ2v) is 14.3. The molecule has 1 spiro atoms. The van der Waals surface area contributed by atoms with Crippen LogP contribution >= 0.6 is 0 Å². The summed E-state index contributed by atoms with van der Waals surface area (Å²) in [7, 11) is 0. The molecule has 12 rings (SSSR count). The minimum Gasteiger partial charge on any atom is -0.456 e. The predicted molar refractivity (Wildman–Crippen MR) is 214 cm³/mol. The highest BCUT2D eigenvalue weighted by molar-refractivity contribution is 6.11. The van der Waals surface area contributed by atoms with Gasteiger partial charge in [0.1, 0.15) is 11.5 Å². The summed E-state index contributed by atoms with van der Waals surface area (Å²) in [6, 6.07) is 67.3. The maximum atomic E-state index is 6.64. The molecule has 0 saturated carbocycles. The molecule has 0 bridgehead atoms. The lowest BCUT2D eigenvalue weighted by molar-refractivity contribution is 0.487. The summed E-state index contributed by atoms with van der Waals surface area (Å²) >= 11 is 0.